The number of aromatic nitrogens is 2. The second-order valence-corrected chi connectivity index (χ2v) is 7.58. The third kappa shape index (κ3) is 2.92. The van der Waals surface area contributed by atoms with Crippen LogP contribution in [0.1, 0.15) is 27.9 Å². The molecule has 0 bridgehead atoms. The molecule has 0 radical (unpaired) electrons. The van der Waals surface area contributed by atoms with Crippen LogP contribution in [0.3, 0.4) is 0 Å². The summed E-state index contributed by atoms with van der Waals surface area (Å²) in [5.74, 6) is -1.78. The topological polar surface area (TPSA) is 99.0 Å². The number of anilines is 1. The van der Waals surface area contributed by atoms with Crippen molar-refractivity contribution < 1.29 is 18.4 Å². The molecule has 1 aliphatic heterocycles. The van der Waals surface area contributed by atoms with Crippen molar-refractivity contribution in [3.05, 3.63) is 51.5 Å². The molecule has 10 heteroatoms. The van der Waals surface area contributed by atoms with Crippen molar-refractivity contribution in [3.8, 4) is 6.07 Å². The third-order valence-electron chi connectivity index (χ3n) is 4.93. The van der Waals surface area contributed by atoms with Crippen LogP contribution in [0.25, 0.3) is 0 Å². The maximum Gasteiger partial charge on any atom is 0.254 e. The van der Waals surface area contributed by atoms with E-state index in [1.165, 1.54) is 29.4 Å². The third-order valence-corrected chi connectivity index (χ3v) is 5.55. The number of nitrogens with zero attached hydrogens (tertiary/aromatic N) is 4. The Morgan fingerprint density at radius 2 is 2.11 bits per heavy atom. The number of carbonyl (C=O) groups is 2. The molecule has 0 saturated heterocycles. The quantitative estimate of drug-likeness (QED) is 0.778. The Balaban J connectivity index is 1.56. The minimum atomic E-state index is -1.28. The molecule has 2 aliphatic rings. The van der Waals surface area contributed by atoms with Crippen molar-refractivity contribution in [2.45, 2.75) is 18.0 Å². The first-order valence-electron chi connectivity index (χ1n) is 8.29. The number of nitrogens with one attached hydrogen (secondary N) is 1. The zero-order valence-electron chi connectivity index (χ0n) is 14.2. The van der Waals surface area contributed by atoms with E-state index >= 15 is 0 Å². The summed E-state index contributed by atoms with van der Waals surface area (Å²) < 4.78 is 29.0. The molecule has 2 aromatic rings. The van der Waals surface area contributed by atoms with Crippen molar-refractivity contribution in [2.24, 2.45) is 0 Å². The fraction of sp³-hybridized carbons (Fsp3) is 0.278. The van der Waals surface area contributed by atoms with Crippen LogP contribution in [0.5, 0.6) is 0 Å². The van der Waals surface area contributed by atoms with Crippen molar-refractivity contribution in [1.82, 2.24) is 14.9 Å². The minimum absolute atomic E-state index is 0.0201. The maximum atomic E-state index is 14.6. The van der Waals surface area contributed by atoms with Crippen LogP contribution in [0, 0.1) is 17.1 Å². The molecular weight excluding hydrogens is 436 g/mol. The van der Waals surface area contributed by atoms with Crippen molar-refractivity contribution in [3.63, 3.8) is 0 Å². The number of carbonyl (C=O) groups excluding carboxylic acids is 2. The lowest BCUT2D eigenvalue weighted by Crippen LogP contribution is -2.48. The molecule has 7 nitrogen and oxygen atoms in total. The monoisotopic (exact) mass is 447 g/mol. The van der Waals surface area contributed by atoms with Crippen molar-refractivity contribution >= 4 is 33.7 Å². The van der Waals surface area contributed by atoms with Gasteiger partial charge in [-0.1, -0.05) is 0 Å². The van der Waals surface area contributed by atoms with Gasteiger partial charge in [0.1, 0.15) is 24.6 Å². The Bertz CT molecular complexity index is 1040. The summed E-state index contributed by atoms with van der Waals surface area (Å²) in [6.07, 6.45) is 1.31. The summed E-state index contributed by atoms with van der Waals surface area (Å²) in [6.45, 7) is -0.442. The highest BCUT2D eigenvalue weighted by atomic mass is 79.9. The van der Waals surface area contributed by atoms with E-state index in [4.69, 9.17) is 5.26 Å². The molecule has 1 aromatic carbocycles. The first-order valence-corrected chi connectivity index (χ1v) is 9.09. The number of hydrogen-bond acceptors (Lipinski definition) is 5. The Labute approximate surface area is 166 Å². The van der Waals surface area contributed by atoms with Crippen molar-refractivity contribution in [1.29, 1.82) is 5.26 Å². The minimum Gasteiger partial charge on any atom is -0.328 e. The van der Waals surface area contributed by atoms with Crippen LogP contribution >= 0.6 is 15.9 Å². The number of amides is 2. The molecule has 2 atom stereocenters. The highest BCUT2D eigenvalue weighted by Gasteiger charge is 2.62. The lowest BCUT2D eigenvalue weighted by atomic mass is 9.85. The van der Waals surface area contributed by atoms with Crippen LogP contribution in [0.15, 0.2) is 29.0 Å². The second kappa shape index (κ2) is 6.60. The zero-order chi connectivity index (χ0) is 20.1. The highest BCUT2D eigenvalue weighted by molar-refractivity contribution is 9.10. The van der Waals surface area contributed by atoms with Crippen LogP contribution < -0.4 is 5.32 Å². The van der Waals surface area contributed by atoms with Gasteiger partial charge in [-0.3, -0.25) is 14.9 Å². The van der Waals surface area contributed by atoms with Gasteiger partial charge in [0.25, 0.3) is 5.91 Å². The van der Waals surface area contributed by atoms with Gasteiger partial charge in [-0.25, -0.2) is 18.7 Å². The molecule has 1 aliphatic carbocycles. The number of benzene rings is 1. The van der Waals surface area contributed by atoms with Gasteiger partial charge in [-0.05, 0) is 34.5 Å². The number of nitriles is 1. The molecule has 1 aromatic heterocycles. The number of hydrogen-bond donors (Lipinski definition) is 1. The van der Waals surface area contributed by atoms with Gasteiger partial charge < -0.3 is 4.90 Å². The molecule has 1 fully saturated rings. The number of fused-ring (bicyclic) bond motifs is 2. The zero-order valence-corrected chi connectivity index (χ0v) is 15.8. The van der Waals surface area contributed by atoms with Gasteiger partial charge in [0, 0.05) is 17.7 Å². The molecular formula is C18H12BrF2N5O2. The summed E-state index contributed by atoms with van der Waals surface area (Å²) in [6, 6.07) is 4.69. The summed E-state index contributed by atoms with van der Waals surface area (Å²) in [4.78, 5) is 33.9. The van der Waals surface area contributed by atoms with Crippen LogP contribution in [-0.4, -0.2) is 45.9 Å². The molecule has 4 rings (SSSR count). The van der Waals surface area contributed by atoms with E-state index in [0.717, 1.165) is 0 Å². The predicted molar refractivity (Wildman–Crippen MR) is 96.6 cm³/mol. The fourth-order valence-electron chi connectivity index (χ4n) is 3.48. The average molecular weight is 448 g/mol. The van der Waals surface area contributed by atoms with E-state index in [9.17, 15) is 18.4 Å². The van der Waals surface area contributed by atoms with Crippen LogP contribution in [-0.2, 0) is 10.2 Å². The Hall–Kier alpha value is -2.93. The van der Waals surface area contributed by atoms with Gasteiger partial charge in [-0.15, -0.1) is 0 Å². The van der Waals surface area contributed by atoms with E-state index in [2.05, 4.69) is 31.2 Å². The molecule has 2 heterocycles. The number of alkyl halides is 1. The van der Waals surface area contributed by atoms with E-state index < -0.39 is 29.2 Å². The second-order valence-electron chi connectivity index (χ2n) is 6.73. The molecule has 142 valence electrons. The average Bonchev–Trinajstić information content (AvgIpc) is 3.31. The molecule has 2 amide bonds. The van der Waals surface area contributed by atoms with Gasteiger partial charge >= 0.3 is 0 Å². The SMILES string of the molecule is N#Cc1cnc(NC(=O)CN2C[C@]3(C[C@H]3F)c3c(ccc(Br)c3F)C2=O)nc1. The van der Waals surface area contributed by atoms with Gasteiger partial charge in [0.2, 0.25) is 11.9 Å². The Morgan fingerprint density at radius 3 is 2.71 bits per heavy atom. The van der Waals surface area contributed by atoms with E-state index in [0.29, 0.717) is 0 Å². The molecule has 1 saturated carbocycles. The Morgan fingerprint density at radius 1 is 1.43 bits per heavy atom. The molecule has 1 N–H and O–H groups in total. The maximum absolute atomic E-state index is 14.6. The predicted octanol–water partition coefficient (Wildman–Crippen LogP) is 2.32. The number of halogens is 3. The summed E-state index contributed by atoms with van der Waals surface area (Å²) >= 11 is 3.08. The first kappa shape index (κ1) is 18.4. The standard InChI is InChI=1S/C18H12BrF2N5O2/c19-11-2-1-10-14(15(11)21)18(3-12(18)20)8-26(16(10)28)7-13(27)25-17-23-5-9(4-22)6-24-17/h1-2,5-6,12H,3,7-8H2,(H,23,24,25,27)/t12-,18+/m1/s1. The number of rotatable bonds is 3. The van der Waals surface area contributed by atoms with Gasteiger partial charge in [0.15, 0.2) is 0 Å². The smallest absolute Gasteiger partial charge is 0.254 e. The van der Waals surface area contributed by atoms with Gasteiger partial charge in [-0.2, -0.15) is 5.26 Å². The van der Waals surface area contributed by atoms with E-state index in [1.54, 1.807) is 0 Å². The lowest BCUT2D eigenvalue weighted by Gasteiger charge is -2.34. The fourth-order valence-corrected chi connectivity index (χ4v) is 3.81. The van der Waals surface area contributed by atoms with E-state index in [-0.39, 0.29) is 46.6 Å². The molecule has 28 heavy (non-hydrogen) atoms. The molecule has 1 spiro atoms. The summed E-state index contributed by atoms with van der Waals surface area (Å²) in [7, 11) is 0. The largest absolute Gasteiger partial charge is 0.328 e. The van der Waals surface area contributed by atoms with Crippen LogP contribution in [0.4, 0.5) is 14.7 Å². The Kier molecular flexibility index (Phi) is 4.34. The van der Waals surface area contributed by atoms with Crippen LogP contribution in [0.2, 0.25) is 0 Å². The first-order chi connectivity index (χ1) is 13.4. The normalized spacial score (nSPS) is 22.6. The lowest BCUT2D eigenvalue weighted by molar-refractivity contribution is -0.117. The summed E-state index contributed by atoms with van der Waals surface area (Å²) in [5, 5.41) is 11.2. The highest BCUT2D eigenvalue weighted by Crippen LogP contribution is 2.55. The van der Waals surface area contributed by atoms with E-state index in [1.807, 2.05) is 6.07 Å². The molecule has 0 unspecified atom stereocenters. The van der Waals surface area contributed by atoms with Crippen molar-refractivity contribution in [2.75, 3.05) is 18.4 Å². The summed E-state index contributed by atoms with van der Waals surface area (Å²) in [5.41, 5.74) is -0.748. The van der Waals surface area contributed by atoms with Gasteiger partial charge in [0.05, 0.1) is 27.8 Å².